The number of phenolic OH excluding ortho intramolecular Hbond substituents is 1. The lowest BCUT2D eigenvalue weighted by molar-refractivity contribution is 0.0714. The van der Waals surface area contributed by atoms with E-state index in [2.05, 4.69) is 0 Å². The summed E-state index contributed by atoms with van der Waals surface area (Å²) < 4.78 is 22.5. The summed E-state index contributed by atoms with van der Waals surface area (Å²) in [4.78, 5) is 29.1. The lowest BCUT2D eigenvalue weighted by Crippen LogP contribution is -2.29. The van der Waals surface area contributed by atoms with Gasteiger partial charge in [-0.1, -0.05) is 23.8 Å². The van der Waals surface area contributed by atoms with Gasteiger partial charge in [-0.2, -0.15) is 0 Å². The third kappa shape index (κ3) is 3.45. The quantitative estimate of drug-likeness (QED) is 0.438. The first-order chi connectivity index (χ1) is 17.4. The van der Waals surface area contributed by atoms with Crippen molar-refractivity contribution in [3.8, 4) is 23.0 Å². The van der Waals surface area contributed by atoms with Gasteiger partial charge < -0.3 is 28.6 Å². The molecule has 1 amide bonds. The molecule has 3 heterocycles. The Balaban J connectivity index is 1.53. The number of benzene rings is 3. The summed E-state index contributed by atoms with van der Waals surface area (Å²) >= 11 is 0. The summed E-state index contributed by atoms with van der Waals surface area (Å²) in [5, 5.41) is 10.7. The van der Waals surface area contributed by atoms with E-state index in [1.807, 2.05) is 32.0 Å². The topological polar surface area (TPSA) is 98.4 Å². The Morgan fingerprint density at radius 3 is 2.69 bits per heavy atom. The first-order valence-electron chi connectivity index (χ1n) is 11.7. The van der Waals surface area contributed by atoms with Gasteiger partial charge in [0.2, 0.25) is 12.6 Å². The zero-order chi connectivity index (χ0) is 25.0. The largest absolute Gasteiger partial charge is 0.504 e. The number of carbonyl (C=O) groups is 1. The van der Waals surface area contributed by atoms with E-state index in [1.54, 1.807) is 35.2 Å². The number of hydrogen-bond acceptors (Lipinski definition) is 7. The fourth-order valence-corrected chi connectivity index (χ4v) is 4.85. The Morgan fingerprint density at radius 1 is 1.03 bits per heavy atom. The van der Waals surface area contributed by atoms with Crippen LogP contribution in [0.15, 0.2) is 63.8 Å². The van der Waals surface area contributed by atoms with Crippen molar-refractivity contribution >= 4 is 16.9 Å². The highest BCUT2D eigenvalue weighted by Crippen LogP contribution is 2.42. The Labute approximate surface area is 206 Å². The lowest BCUT2D eigenvalue weighted by Gasteiger charge is -2.26. The number of rotatable bonds is 5. The molecule has 1 aromatic heterocycles. The SMILES string of the molecule is CCOc1cc([C@@H]2c3c(oc4ccc(C)cc4c3=O)C(=O)N2Cc2ccc3c(c2)OCO3)ccc1O. The molecule has 36 heavy (non-hydrogen) atoms. The van der Waals surface area contributed by atoms with Gasteiger partial charge in [-0.05, 0) is 61.4 Å². The Bertz CT molecular complexity index is 1590. The summed E-state index contributed by atoms with van der Waals surface area (Å²) in [6, 6.07) is 14.9. The van der Waals surface area contributed by atoms with Gasteiger partial charge in [0.25, 0.3) is 5.91 Å². The van der Waals surface area contributed by atoms with Crippen molar-refractivity contribution in [2.45, 2.75) is 26.4 Å². The van der Waals surface area contributed by atoms with E-state index in [4.69, 9.17) is 18.6 Å². The molecule has 0 saturated carbocycles. The van der Waals surface area contributed by atoms with Crippen molar-refractivity contribution in [3.63, 3.8) is 0 Å². The van der Waals surface area contributed by atoms with Crippen molar-refractivity contribution in [1.29, 1.82) is 0 Å². The van der Waals surface area contributed by atoms with Crippen LogP contribution in [0, 0.1) is 6.92 Å². The van der Waals surface area contributed by atoms with Crippen LogP contribution in [0.2, 0.25) is 0 Å². The van der Waals surface area contributed by atoms with Crippen LogP contribution >= 0.6 is 0 Å². The Kier molecular flexibility index (Phi) is 5.10. The minimum Gasteiger partial charge on any atom is -0.504 e. The zero-order valence-corrected chi connectivity index (χ0v) is 19.7. The number of hydrogen-bond donors (Lipinski definition) is 1. The molecule has 0 saturated heterocycles. The number of carbonyl (C=O) groups excluding carboxylic acids is 1. The molecule has 0 aliphatic carbocycles. The molecule has 0 fully saturated rings. The molecule has 182 valence electrons. The maximum Gasteiger partial charge on any atom is 0.291 e. The number of ether oxygens (including phenoxy) is 3. The van der Waals surface area contributed by atoms with E-state index in [1.165, 1.54) is 6.07 Å². The molecule has 0 radical (unpaired) electrons. The standard InChI is InChI=1S/C28H23NO7/c1-3-33-22-12-17(6-7-19(22)30)25-24-26(31)18-10-15(2)4-8-20(18)36-27(24)28(32)29(25)13-16-5-9-21-23(11-16)35-14-34-21/h4-12,25,30H,3,13-14H2,1-2H3/t25-/m1/s1. The maximum atomic E-state index is 13.8. The van der Waals surface area contributed by atoms with Crippen LogP contribution in [0.5, 0.6) is 23.0 Å². The van der Waals surface area contributed by atoms with Gasteiger partial charge in [-0.3, -0.25) is 9.59 Å². The normalized spacial score (nSPS) is 16.0. The van der Waals surface area contributed by atoms with Gasteiger partial charge in [-0.15, -0.1) is 0 Å². The van der Waals surface area contributed by atoms with Crippen molar-refractivity contribution < 1.29 is 28.5 Å². The van der Waals surface area contributed by atoms with Gasteiger partial charge in [-0.25, -0.2) is 0 Å². The highest BCUT2D eigenvalue weighted by Gasteiger charge is 2.43. The summed E-state index contributed by atoms with van der Waals surface area (Å²) in [5.41, 5.74) is 2.73. The molecule has 0 spiro atoms. The van der Waals surface area contributed by atoms with Crippen molar-refractivity contribution in [1.82, 2.24) is 4.90 Å². The number of nitrogens with zero attached hydrogens (tertiary/aromatic N) is 1. The smallest absolute Gasteiger partial charge is 0.291 e. The number of fused-ring (bicyclic) bond motifs is 3. The van der Waals surface area contributed by atoms with Gasteiger partial charge in [0.05, 0.1) is 23.6 Å². The van der Waals surface area contributed by atoms with E-state index < -0.39 is 11.9 Å². The summed E-state index contributed by atoms with van der Waals surface area (Å²) in [6.07, 6.45) is 0. The fourth-order valence-electron chi connectivity index (χ4n) is 4.85. The van der Waals surface area contributed by atoms with E-state index >= 15 is 0 Å². The third-order valence-corrected chi connectivity index (χ3v) is 6.51. The molecule has 8 heteroatoms. The number of amides is 1. The van der Waals surface area contributed by atoms with E-state index in [0.717, 1.165) is 11.1 Å². The number of aryl methyl sites for hydroxylation is 1. The molecule has 0 bridgehead atoms. The average Bonchev–Trinajstić information content (AvgIpc) is 3.44. The fraction of sp³-hybridized carbons (Fsp3) is 0.214. The van der Waals surface area contributed by atoms with Gasteiger partial charge in [0.15, 0.2) is 28.4 Å². The summed E-state index contributed by atoms with van der Waals surface area (Å²) in [5.74, 6) is 1.14. The van der Waals surface area contributed by atoms with Gasteiger partial charge in [0.1, 0.15) is 5.58 Å². The minimum absolute atomic E-state index is 0.0198. The maximum absolute atomic E-state index is 13.8. The van der Waals surface area contributed by atoms with E-state index in [-0.39, 0.29) is 41.6 Å². The molecule has 0 unspecified atom stereocenters. The zero-order valence-electron chi connectivity index (χ0n) is 19.7. The van der Waals surface area contributed by atoms with Crippen molar-refractivity contribution in [2.24, 2.45) is 0 Å². The monoisotopic (exact) mass is 485 g/mol. The number of phenols is 1. The van der Waals surface area contributed by atoms with E-state index in [0.29, 0.717) is 34.6 Å². The molecule has 4 aromatic rings. The third-order valence-electron chi connectivity index (χ3n) is 6.51. The Morgan fingerprint density at radius 2 is 1.86 bits per heavy atom. The lowest BCUT2D eigenvalue weighted by atomic mass is 9.97. The molecule has 2 aliphatic rings. The molecular weight excluding hydrogens is 462 g/mol. The molecule has 1 N–H and O–H groups in total. The van der Waals surface area contributed by atoms with E-state index in [9.17, 15) is 14.7 Å². The minimum atomic E-state index is -0.737. The number of aromatic hydroxyl groups is 1. The Hall–Kier alpha value is -4.46. The molecule has 8 nitrogen and oxygen atoms in total. The first kappa shape index (κ1) is 22.0. The molecular formula is C28H23NO7. The van der Waals surface area contributed by atoms with Crippen molar-refractivity contribution in [2.75, 3.05) is 13.4 Å². The molecule has 2 aliphatic heterocycles. The summed E-state index contributed by atoms with van der Waals surface area (Å²) in [7, 11) is 0. The predicted molar refractivity (Wildman–Crippen MR) is 131 cm³/mol. The second-order valence-corrected chi connectivity index (χ2v) is 8.86. The van der Waals surface area contributed by atoms with Crippen LogP contribution in [0.3, 0.4) is 0 Å². The molecule has 1 atom stereocenters. The molecule has 6 rings (SSSR count). The molecule has 3 aromatic carbocycles. The van der Waals surface area contributed by atoms with Crippen LogP contribution in [0.1, 0.15) is 45.8 Å². The van der Waals surface area contributed by atoms with Crippen molar-refractivity contribution in [3.05, 3.63) is 92.8 Å². The highest BCUT2D eigenvalue weighted by atomic mass is 16.7. The van der Waals surface area contributed by atoms with Crippen LogP contribution in [-0.2, 0) is 6.54 Å². The second-order valence-electron chi connectivity index (χ2n) is 8.86. The van der Waals surface area contributed by atoms with Gasteiger partial charge >= 0.3 is 0 Å². The average molecular weight is 485 g/mol. The van der Waals surface area contributed by atoms with Crippen LogP contribution in [-0.4, -0.2) is 29.3 Å². The van der Waals surface area contributed by atoms with Gasteiger partial charge in [0, 0.05) is 6.54 Å². The van der Waals surface area contributed by atoms with Crippen LogP contribution < -0.4 is 19.6 Å². The van der Waals surface area contributed by atoms with Crippen LogP contribution in [0.4, 0.5) is 0 Å². The summed E-state index contributed by atoms with van der Waals surface area (Å²) in [6.45, 7) is 4.41. The predicted octanol–water partition coefficient (Wildman–Crippen LogP) is 4.68. The van der Waals surface area contributed by atoms with Crippen LogP contribution in [0.25, 0.3) is 11.0 Å². The second kappa shape index (κ2) is 8.34. The first-order valence-corrected chi connectivity index (χ1v) is 11.7. The highest BCUT2D eigenvalue weighted by molar-refractivity contribution is 5.99.